The Hall–Kier alpha value is -2.95. The Morgan fingerprint density at radius 2 is 1.75 bits per heavy atom. The summed E-state index contributed by atoms with van der Waals surface area (Å²) in [4.78, 5) is 17.8. The van der Waals surface area contributed by atoms with Gasteiger partial charge >= 0.3 is 0 Å². The van der Waals surface area contributed by atoms with E-state index in [4.69, 9.17) is 0 Å². The second-order valence-electron chi connectivity index (χ2n) is 10.5. The molecule has 0 aliphatic heterocycles. The zero-order chi connectivity index (χ0) is 21.8. The molecule has 0 radical (unpaired) electrons. The Morgan fingerprint density at radius 1 is 1.03 bits per heavy atom. The summed E-state index contributed by atoms with van der Waals surface area (Å²) in [7, 11) is 0. The van der Waals surface area contributed by atoms with Gasteiger partial charge in [-0.1, -0.05) is 42.5 Å². The Bertz CT molecular complexity index is 1090. The van der Waals surface area contributed by atoms with E-state index in [0.29, 0.717) is 11.8 Å². The molecule has 7 rings (SSSR count). The maximum atomic E-state index is 13.8. The Balaban J connectivity index is 1.22. The van der Waals surface area contributed by atoms with Gasteiger partial charge < -0.3 is 5.32 Å². The van der Waals surface area contributed by atoms with Crippen LogP contribution in [0.1, 0.15) is 62.6 Å². The highest BCUT2D eigenvalue weighted by Crippen LogP contribution is 2.65. The first-order valence-corrected chi connectivity index (χ1v) is 11.9. The second kappa shape index (κ2) is 7.29. The number of rotatable bonds is 5. The Labute approximate surface area is 189 Å². The molecule has 5 atom stereocenters. The van der Waals surface area contributed by atoms with Gasteiger partial charge in [-0.2, -0.15) is 5.10 Å². The van der Waals surface area contributed by atoms with Crippen molar-refractivity contribution in [1.29, 1.82) is 0 Å². The first kappa shape index (κ1) is 19.7. The molecule has 4 saturated carbocycles. The van der Waals surface area contributed by atoms with Crippen LogP contribution in [0.4, 0.5) is 0 Å². The van der Waals surface area contributed by atoms with Gasteiger partial charge in [-0.3, -0.25) is 4.79 Å². The van der Waals surface area contributed by atoms with Crippen LogP contribution < -0.4 is 5.32 Å². The van der Waals surface area contributed by atoms with Crippen molar-refractivity contribution in [3.8, 4) is 5.69 Å². The quantitative estimate of drug-likeness (QED) is 0.626. The highest BCUT2D eigenvalue weighted by molar-refractivity contribution is 5.84. The van der Waals surface area contributed by atoms with Crippen molar-refractivity contribution in [3.63, 3.8) is 0 Å². The molecule has 5 heteroatoms. The summed E-state index contributed by atoms with van der Waals surface area (Å²) in [6.45, 7) is 2.09. The number of amides is 1. The van der Waals surface area contributed by atoms with Crippen molar-refractivity contribution in [1.82, 2.24) is 20.1 Å². The molecule has 4 fully saturated rings. The summed E-state index contributed by atoms with van der Waals surface area (Å²) < 4.78 is 1.74. The van der Waals surface area contributed by atoms with Crippen LogP contribution in [0.25, 0.3) is 5.69 Å². The van der Waals surface area contributed by atoms with Crippen LogP contribution in [0.5, 0.6) is 0 Å². The van der Waals surface area contributed by atoms with E-state index < -0.39 is 0 Å². The summed E-state index contributed by atoms with van der Waals surface area (Å²) in [6.07, 6.45) is 10.2. The first-order valence-electron chi connectivity index (χ1n) is 11.9. The van der Waals surface area contributed by atoms with Crippen molar-refractivity contribution in [2.24, 2.45) is 17.3 Å². The van der Waals surface area contributed by atoms with Gasteiger partial charge in [0.1, 0.15) is 12.7 Å². The van der Waals surface area contributed by atoms with Gasteiger partial charge in [0.25, 0.3) is 0 Å². The van der Waals surface area contributed by atoms with Gasteiger partial charge in [0, 0.05) is 0 Å². The number of carbonyl (C=O) groups is 1. The molecule has 4 aliphatic rings. The van der Waals surface area contributed by atoms with E-state index in [9.17, 15) is 4.79 Å². The van der Waals surface area contributed by atoms with Crippen molar-refractivity contribution in [3.05, 3.63) is 78.4 Å². The number of hydrogen-bond acceptors (Lipinski definition) is 3. The minimum atomic E-state index is -0.213. The summed E-state index contributed by atoms with van der Waals surface area (Å²) in [5, 5.41) is 7.59. The molecule has 3 aromatic rings. The van der Waals surface area contributed by atoms with E-state index in [1.807, 2.05) is 12.1 Å². The Kier molecular flexibility index (Phi) is 4.49. The van der Waals surface area contributed by atoms with Gasteiger partial charge in [0.15, 0.2) is 0 Å². The maximum absolute atomic E-state index is 13.8. The average molecular weight is 427 g/mol. The van der Waals surface area contributed by atoms with Crippen molar-refractivity contribution in [2.45, 2.75) is 56.9 Å². The second-order valence-corrected chi connectivity index (χ2v) is 10.5. The van der Waals surface area contributed by atoms with Gasteiger partial charge in [0.05, 0.1) is 17.1 Å². The minimum absolute atomic E-state index is 0.0204. The van der Waals surface area contributed by atoms with Crippen LogP contribution in [0.3, 0.4) is 0 Å². The van der Waals surface area contributed by atoms with Gasteiger partial charge in [-0.05, 0) is 86.0 Å². The van der Waals surface area contributed by atoms with Crippen LogP contribution in [0.15, 0.2) is 67.3 Å². The largest absolute Gasteiger partial charge is 0.349 e. The summed E-state index contributed by atoms with van der Waals surface area (Å²) in [5.74, 6) is 1.62. The third-order valence-corrected chi connectivity index (χ3v) is 8.35. The highest BCUT2D eigenvalue weighted by Gasteiger charge is 2.60. The van der Waals surface area contributed by atoms with Gasteiger partial charge in [-0.15, -0.1) is 0 Å². The fourth-order valence-corrected chi connectivity index (χ4v) is 7.35. The maximum Gasteiger partial charge on any atom is 0.226 e. The van der Waals surface area contributed by atoms with Crippen LogP contribution in [0, 0.1) is 17.3 Å². The normalized spacial score (nSPS) is 31.4. The molecular formula is C27H30N4O. The molecule has 4 bridgehead atoms. The molecular weight excluding hydrogens is 396 g/mol. The lowest BCUT2D eigenvalue weighted by molar-refractivity contribution is -0.149. The average Bonchev–Trinajstić information content (AvgIpc) is 3.34. The van der Waals surface area contributed by atoms with Crippen LogP contribution >= 0.6 is 0 Å². The number of carbonyl (C=O) groups excluding carboxylic acids is 1. The monoisotopic (exact) mass is 426 g/mol. The number of benzene rings is 2. The van der Waals surface area contributed by atoms with E-state index in [-0.39, 0.29) is 22.8 Å². The topological polar surface area (TPSA) is 59.8 Å². The smallest absolute Gasteiger partial charge is 0.226 e. The van der Waals surface area contributed by atoms with Gasteiger partial charge in [-0.25, -0.2) is 9.67 Å². The molecule has 1 amide bonds. The lowest BCUT2D eigenvalue weighted by Gasteiger charge is -2.61. The van der Waals surface area contributed by atoms with Crippen molar-refractivity contribution in [2.75, 3.05) is 0 Å². The highest BCUT2D eigenvalue weighted by atomic mass is 16.2. The number of nitrogens with zero attached hydrogens (tertiary/aromatic N) is 3. The Morgan fingerprint density at radius 3 is 2.41 bits per heavy atom. The fraction of sp³-hybridized carbons (Fsp3) is 0.444. The van der Waals surface area contributed by atoms with Gasteiger partial charge in [0.2, 0.25) is 5.91 Å². The zero-order valence-electron chi connectivity index (χ0n) is 18.6. The van der Waals surface area contributed by atoms with E-state index in [0.717, 1.165) is 30.5 Å². The van der Waals surface area contributed by atoms with Crippen molar-refractivity contribution >= 4 is 5.91 Å². The lowest BCUT2D eigenvalue weighted by atomic mass is 9.42. The molecule has 1 heterocycles. The number of aromatic nitrogens is 3. The minimum Gasteiger partial charge on any atom is -0.349 e. The predicted octanol–water partition coefficient (Wildman–Crippen LogP) is 4.98. The fourth-order valence-electron chi connectivity index (χ4n) is 7.35. The van der Waals surface area contributed by atoms with Crippen LogP contribution in [0.2, 0.25) is 0 Å². The summed E-state index contributed by atoms with van der Waals surface area (Å²) in [6, 6.07) is 19.2. The molecule has 5 nitrogen and oxygen atoms in total. The molecule has 0 spiro atoms. The molecule has 1 aromatic heterocycles. The third-order valence-electron chi connectivity index (χ3n) is 8.35. The summed E-state index contributed by atoms with van der Waals surface area (Å²) in [5.41, 5.74) is 3.50. The standard InChI is InChI=1S/C27H30N4O/c1-19(22-7-9-24(10-8-22)31-18-28-17-29-31)30-25(32)27-14-20-11-21(15-27)13-26(12-20,16-27)23-5-3-2-4-6-23/h2-10,17-21H,11-16H2,1H3,(H,30,32)/t19-,20-,21+,26?,27?/m0/s1. The van der Waals surface area contributed by atoms with Crippen LogP contribution in [-0.4, -0.2) is 20.7 Å². The predicted molar refractivity (Wildman–Crippen MR) is 123 cm³/mol. The number of hydrogen-bond donors (Lipinski definition) is 1. The molecule has 2 aromatic carbocycles. The molecule has 4 aliphatic carbocycles. The first-order chi connectivity index (χ1) is 15.6. The molecule has 0 saturated heterocycles. The van der Waals surface area contributed by atoms with E-state index in [1.165, 1.54) is 31.2 Å². The molecule has 1 N–H and O–H groups in total. The third kappa shape index (κ3) is 3.17. The van der Waals surface area contributed by atoms with E-state index in [2.05, 4.69) is 64.8 Å². The molecule has 32 heavy (non-hydrogen) atoms. The van der Waals surface area contributed by atoms with Crippen molar-refractivity contribution < 1.29 is 4.79 Å². The van der Waals surface area contributed by atoms with Crippen LogP contribution in [-0.2, 0) is 10.2 Å². The van der Waals surface area contributed by atoms with E-state index in [1.54, 1.807) is 11.0 Å². The number of nitrogens with one attached hydrogen (secondary N) is 1. The molecule has 2 unspecified atom stereocenters. The van der Waals surface area contributed by atoms with E-state index >= 15 is 0 Å². The lowest BCUT2D eigenvalue weighted by Crippen LogP contribution is -2.59. The summed E-state index contributed by atoms with van der Waals surface area (Å²) >= 11 is 0. The zero-order valence-corrected chi connectivity index (χ0v) is 18.6. The molecule has 164 valence electrons. The SMILES string of the molecule is C[C@H](NC(=O)C12C[C@H]3C[C@@H](C1)CC(c1ccccc1)(C3)C2)c1ccc(-n2cncn2)cc1.